The van der Waals surface area contributed by atoms with E-state index in [2.05, 4.69) is 22.5 Å². The van der Waals surface area contributed by atoms with Gasteiger partial charge in [0, 0.05) is 38.9 Å². The monoisotopic (exact) mass is 329 g/mol. The highest BCUT2D eigenvalue weighted by Gasteiger charge is 2.31. The number of fused-ring (bicyclic) bond motifs is 1. The van der Waals surface area contributed by atoms with E-state index in [9.17, 15) is 0 Å². The fourth-order valence-corrected chi connectivity index (χ4v) is 3.43. The molecule has 1 N–H and O–H groups in total. The summed E-state index contributed by atoms with van der Waals surface area (Å²) in [6.07, 6.45) is 3.03. The van der Waals surface area contributed by atoms with Crippen LogP contribution in [0.2, 0.25) is 0 Å². The minimum Gasteiger partial charge on any atom is -0.486 e. The van der Waals surface area contributed by atoms with Crippen molar-refractivity contribution in [3.63, 3.8) is 0 Å². The van der Waals surface area contributed by atoms with E-state index < -0.39 is 0 Å². The lowest BCUT2D eigenvalue weighted by Crippen LogP contribution is -2.25. The smallest absolute Gasteiger partial charge is 0.161 e. The van der Waals surface area contributed by atoms with Crippen molar-refractivity contribution >= 4 is 0 Å². The van der Waals surface area contributed by atoms with Crippen LogP contribution in [0, 0.1) is 5.92 Å². The largest absolute Gasteiger partial charge is 0.486 e. The second kappa shape index (κ2) is 6.83. The van der Waals surface area contributed by atoms with Gasteiger partial charge in [0.2, 0.25) is 0 Å². The van der Waals surface area contributed by atoms with Crippen LogP contribution in [0.5, 0.6) is 11.5 Å². The van der Waals surface area contributed by atoms with Crippen molar-refractivity contribution in [3.8, 4) is 11.5 Å². The third-order valence-corrected chi connectivity index (χ3v) is 4.71. The van der Waals surface area contributed by atoms with E-state index in [4.69, 9.17) is 14.2 Å². The maximum absolute atomic E-state index is 5.93. The number of benzene rings is 1. The Bertz CT molecular complexity index is 701. The predicted molar refractivity (Wildman–Crippen MR) is 89.1 cm³/mol. The summed E-state index contributed by atoms with van der Waals surface area (Å²) in [5.74, 6) is 2.15. The van der Waals surface area contributed by atoms with Crippen LogP contribution in [0.4, 0.5) is 0 Å². The Labute approximate surface area is 141 Å². The third-order valence-electron chi connectivity index (χ3n) is 4.71. The first-order valence-electron chi connectivity index (χ1n) is 8.50. The molecule has 128 valence electrons. The van der Waals surface area contributed by atoms with Crippen LogP contribution >= 0.6 is 0 Å². The standard InChI is InChI=1S/C18H23N3O3/c1-21-15(4-6-20-21)18-14(5-7-24-18)12-19-11-13-2-3-16-17(10-13)23-9-8-22-16/h2-4,6,10,14,18-19H,5,7-9,11-12H2,1H3/t14-,18+/m0/s1. The number of rotatable bonds is 5. The van der Waals surface area contributed by atoms with Gasteiger partial charge in [0.15, 0.2) is 11.5 Å². The summed E-state index contributed by atoms with van der Waals surface area (Å²) in [4.78, 5) is 0. The van der Waals surface area contributed by atoms with E-state index in [1.807, 2.05) is 30.1 Å². The molecular formula is C18H23N3O3. The first-order chi connectivity index (χ1) is 11.8. The van der Waals surface area contributed by atoms with Gasteiger partial charge in [-0.3, -0.25) is 4.68 Å². The van der Waals surface area contributed by atoms with Crippen LogP contribution < -0.4 is 14.8 Å². The first kappa shape index (κ1) is 15.5. The second-order valence-electron chi connectivity index (χ2n) is 6.33. The number of nitrogens with one attached hydrogen (secondary N) is 1. The van der Waals surface area contributed by atoms with Crippen molar-refractivity contribution < 1.29 is 14.2 Å². The lowest BCUT2D eigenvalue weighted by Gasteiger charge is -2.20. The Morgan fingerprint density at radius 1 is 1.17 bits per heavy atom. The summed E-state index contributed by atoms with van der Waals surface area (Å²) in [5.41, 5.74) is 2.36. The molecule has 2 aliphatic heterocycles. The van der Waals surface area contributed by atoms with E-state index in [0.717, 1.165) is 43.3 Å². The minimum atomic E-state index is 0.130. The zero-order valence-electron chi connectivity index (χ0n) is 13.9. The SMILES string of the molecule is Cn1nccc1[C@@H]1OCC[C@H]1CNCc1ccc2c(c1)OCCO2. The summed E-state index contributed by atoms with van der Waals surface area (Å²) < 4.78 is 19.0. The number of nitrogens with zero attached hydrogens (tertiary/aromatic N) is 2. The second-order valence-corrected chi connectivity index (χ2v) is 6.33. The van der Waals surface area contributed by atoms with E-state index in [0.29, 0.717) is 19.1 Å². The Kier molecular flexibility index (Phi) is 4.40. The number of ether oxygens (including phenoxy) is 3. The van der Waals surface area contributed by atoms with Gasteiger partial charge in [0.25, 0.3) is 0 Å². The van der Waals surface area contributed by atoms with E-state index in [1.165, 1.54) is 5.56 Å². The Balaban J connectivity index is 1.34. The summed E-state index contributed by atoms with van der Waals surface area (Å²) in [7, 11) is 1.97. The maximum atomic E-state index is 5.93. The Morgan fingerprint density at radius 3 is 2.88 bits per heavy atom. The topological polar surface area (TPSA) is 57.5 Å². The molecule has 6 nitrogen and oxygen atoms in total. The Morgan fingerprint density at radius 2 is 2.04 bits per heavy atom. The fourth-order valence-electron chi connectivity index (χ4n) is 3.43. The van der Waals surface area contributed by atoms with Crippen LogP contribution in [0.15, 0.2) is 30.5 Å². The summed E-state index contributed by atoms with van der Waals surface area (Å²) >= 11 is 0. The molecule has 0 amide bonds. The van der Waals surface area contributed by atoms with Crippen LogP contribution in [0.25, 0.3) is 0 Å². The van der Waals surface area contributed by atoms with Crippen molar-refractivity contribution in [1.82, 2.24) is 15.1 Å². The number of hydrogen-bond donors (Lipinski definition) is 1. The van der Waals surface area contributed by atoms with Crippen LogP contribution in [0.1, 0.15) is 23.8 Å². The van der Waals surface area contributed by atoms with Crippen molar-refractivity contribution in [2.75, 3.05) is 26.4 Å². The molecule has 0 aliphatic carbocycles. The summed E-state index contributed by atoms with van der Waals surface area (Å²) in [6.45, 7) is 3.79. The molecule has 6 heteroatoms. The predicted octanol–water partition coefficient (Wildman–Crippen LogP) is 2.06. The maximum Gasteiger partial charge on any atom is 0.161 e. The van der Waals surface area contributed by atoms with Crippen molar-refractivity contribution in [1.29, 1.82) is 0 Å². The van der Waals surface area contributed by atoms with Gasteiger partial charge in [-0.05, 0) is 30.2 Å². The van der Waals surface area contributed by atoms with Gasteiger partial charge in [-0.2, -0.15) is 5.10 Å². The molecule has 24 heavy (non-hydrogen) atoms. The quantitative estimate of drug-likeness (QED) is 0.910. The summed E-state index contributed by atoms with van der Waals surface area (Å²) in [5, 5.41) is 7.81. The zero-order chi connectivity index (χ0) is 16.4. The average molecular weight is 329 g/mol. The molecule has 0 saturated carbocycles. The van der Waals surface area contributed by atoms with Gasteiger partial charge < -0.3 is 19.5 Å². The van der Waals surface area contributed by atoms with Gasteiger partial charge in [0.1, 0.15) is 19.3 Å². The van der Waals surface area contributed by atoms with Crippen molar-refractivity contribution in [2.24, 2.45) is 13.0 Å². The summed E-state index contributed by atoms with van der Waals surface area (Å²) in [6, 6.07) is 8.18. The minimum absolute atomic E-state index is 0.130. The van der Waals surface area contributed by atoms with E-state index in [1.54, 1.807) is 0 Å². The molecule has 0 bridgehead atoms. The highest BCUT2D eigenvalue weighted by molar-refractivity contribution is 5.43. The van der Waals surface area contributed by atoms with E-state index >= 15 is 0 Å². The number of aromatic nitrogens is 2. The van der Waals surface area contributed by atoms with Crippen molar-refractivity contribution in [2.45, 2.75) is 19.1 Å². The van der Waals surface area contributed by atoms with Gasteiger partial charge in [0.05, 0.1) is 5.69 Å². The van der Waals surface area contributed by atoms with Crippen LogP contribution in [0.3, 0.4) is 0 Å². The fraction of sp³-hybridized carbons (Fsp3) is 0.500. The Hall–Kier alpha value is -2.05. The molecule has 3 heterocycles. The van der Waals surface area contributed by atoms with Crippen molar-refractivity contribution in [3.05, 3.63) is 41.7 Å². The molecule has 0 unspecified atom stereocenters. The lowest BCUT2D eigenvalue weighted by molar-refractivity contribution is 0.0838. The molecule has 2 aliphatic rings. The molecule has 0 spiro atoms. The molecule has 4 rings (SSSR count). The number of hydrogen-bond acceptors (Lipinski definition) is 5. The highest BCUT2D eigenvalue weighted by Crippen LogP contribution is 2.34. The van der Waals surface area contributed by atoms with Gasteiger partial charge >= 0.3 is 0 Å². The average Bonchev–Trinajstić information content (AvgIpc) is 3.23. The lowest BCUT2D eigenvalue weighted by atomic mass is 9.99. The van der Waals surface area contributed by atoms with Gasteiger partial charge in [-0.1, -0.05) is 6.07 Å². The molecule has 2 aromatic rings. The molecule has 1 aromatic carbocycles. The molecule has 0 radical (unpaired) electrons. The third kappa shape index (κ3) is 3.12. The normalized spacial score (nSPS) is 22.7. The molecule has 1 saturated heterocycles. The molecule has 1 aromatic heterocycles. The van der Waals surface area contributed by atoms with Gasteiger partial charge in [-0.25, -0.2) is 0 Å². The number of aryl methyl sites for hydroxylation is 1. The highest BCUT2D eigenvalue weighted by atomic mass is 16.6. The molecule has 2 atom stereocenters. The zero-order valence-corrected chi connectivity index (χ0v) is 13.9. The molecular weight excluding hydrogens is 306 g/mol. The first-order valence-corrected chi connectivity index (χ1v) is 8.50. The van der Waals surface area contributed by atoms with Gasteiger partial charge in [-0.15, -0.1) is 0 Å². The molecule has 1 fully saturated rings. The van der Waals surface area contributed by atoms with Crippen LogP contribution in [-0.4, -0.2) is 36.1 Å². The van der Waals surface area contributed by atoms with E-state index in [-0.39, 0.29) is 6.10 Å². The van der Waals surface area contributed by atoms with Crippen LogP contribution in [-0.2, 0) is 18.3 Å².